The lowest BCUT2D eigenvalue weighted by molar-refractivity contribution is 0.139. The molecule has 1 saturated carbocycles. The summed E-state index contributed by atoms with van der Waals surface area (Å²) in [5, 5.41) is 0. The molecule has 2 aliphatic rings. The fraction of sp³-hybridized carbons (Fsp3) is 0.576. The zero-order valence-electron chi connectivity index (χ0n) is 22.4. The SMILES string of the molecule is C=CC(CCC)(CCC1CCN(CC2CCCCC2)CC1)c1ccccc1N(C)c1ccccc1. The summed E-state index contributed by atoms with van der Waals surface area (Å²) in [5.74, 6) is 1.82. The third-order valence-electron chi connectivity index (χ3n) is 8.98. The molecule has 0 amide bonds. The van der Waals surface area contributed by atoms with E-state index in [2.05, 4.69) is 91.0 Å². The number of benzene rings is 2. The predicted octanol–water partition coefficient (Wildman–Crippen LogP) is 8.75. The maximum atomic E-state index is 4.42. The maximum absolute atomic E-state index is 4.42. The average molecular weight is 473 g/mol. The Bertz CT molecular complexity index is 892. The number of piperidine rings is 1. The minimum absolute atomic E-state index is 0.0353. The second-order valence-corrected chi connectivity index (χ2v) is 11.3. The van der Waals surface area contributed by atoms with Gasteiger partial charge in [-0.15, -0.1) is 6.58 Å². The highest BCUT2D eigenvalue weighted by atomic mass is 15.1. The Morgan fingerprint density at radius 3 is 2.26 bits per heavy atom. The molecular formula is C33H48N2. The molecule has 2 aromatic carbocycles. The van der Waals surface area contributed by atoms with Crippen LogP contribution in [0.3, 0.4) is 0 Å². The van der Waals surface area contributed by atoms with Crippen LogP contribution < -0.4 is 4.90 Å². The molecule has 1 aliphatic carbocycles. The molecule has 1 aliphatic heterocycles. The number of hydrogen-bond acceptors (Lipinski definition) is 2. The molecule has 0 radical (unpaired) electrons. The van der Waals surface area contributed by atoms with Gasteiger partial charge in [0.25, 0.3) is 0 Å². The molecule has 0 spiro atoms. The van der Waals surface area contributed by atoms with E-state index >= 15 is 0 Å². The molecule has 2 fully saturated rings. The van der Waals surface area contributed by atoms with Gasteiger partial charge in [0.15, 0.2) is 0 Å². The molecule has 0 N–H and O–H groups in total. The van der Waals surface area contributed by atoms with E-state index in [1.165, 1.54) is 101 Å². The minimum atomic E-state index is 0.0353. The van der Waals surface area contributed by atoms with Crippen LogP contribution in [-0.2, 0) is 5.41 Å². The van der Waals surface area contributed by atoms with Crippen molar-refractivity contribution in [2.75, 3.05) is 31.6 Å². The van der Waals surface area contributed by atoms with E-state index in [0.29, 0.717) is 0 Å². The van der Waals surface area contributed by atoms with Crippen LogP contribution in [0.25, 0.3) is 0 Å². The van der Waals surface area contributed by atoms with Crippen LogP contribution in [0.1, 0.15) is 83.1 Å². The van der Waals surface area contributed by atoms with Crippen LogP contribution in [0.5, 0.6) is 0 Å². The number of likely N-dealkylation sites (tertiary alicyclic amines) is 1. The van der Waals surface area contributed by atoms with Gasteiger partial charge in [-0.25, -0.2) is 0 Å². The molecule has 190 valence electrons. The van der Waals surface area contributed by atoms with Crippen molar-refractivity contribution in [2.45, 2.75) is 83.0 Å². The van der Waals surface area contributed by atoms with Crippen molar-refractivity contribution in [3.8, 4) is 0 Å². The summed E-state index contributed by atoms with van der Waals surface area (Å²) in [6.07, 6.45) is 17.2. The van der Waals surface area contributed by atoms with Gasteiger partial charge in [-0.2, -0.15) is 0 Å². The molecule has 2 nitrogen and oxygen atoms in total. The highest BCUT2D eigenvalue weighted by Crippen LogP contribution is 2.43. The number of para-hydroxylation sites is 2. The van der Waals surface area contributed by atoms with Crippen molar-refractivity contribution in [3.05, 3.63) is 72.8 Å². The number of nitrogens with zero attached hydrogens (tertiary/aromatic N) is 2. The molecule has 0 bridgehead atoms. The normalized spacial score (nSPS) is 19.8. The highest BCUT2D eigenvalue weighted by molar-refractivity contribution is 5.67. The Kier molecular flexibility index (Phi) is 9.49. The van der Waals surface area contributed by atoms with Crippen LogP contribution in [0, 0.1) is 11.8 Å². The Hall–Kier alpha value is -2.06. The topological polar surface area (TPSA) is 6.48 Å². The van der Waals surface area contributed by atoms with Gasteiger partial charge >= 0.3 is 0 Å². The molecule has 2 heteroatoms. The van der Waals surface area contributed by atoms with Gasteiger partial charge in [0.2, 0.25) is 0 Å². The van der Waals surface area contributed by atoms with Crippen LogP contribution in [-0.4, -0.2) is 31.6 Å². The van der Waals surface area contributed by atoms with E-state index in [0.717, 1.165) is 18.3 Å². The summed E-state index contributed by atoms with van der Waals surface area (Å²) < 4.78 is 0. The number of rotatable bonds is 11. The molecule has 1 heterocycles. The van der Waals surface area contributed by atoms with Gasteiger partial charge in [-0.05, 0) is 93.6 Å². The highest BCUT2D eigenvalue weighted by Gasteiger charge is 2.33. The summed E-state index contributed by atoms with van der Waals surface area (Å²) in [5.41, 5.74) is 4.03. The molecule has 2 aromatic rings. The van der Waals surface area contributed by atoms with Crippen LogP contribution in [0.15, 0.2) is 67.3 Å². The van der Waals surface area contributed by atoms with E-state index < -0.39 is 0 Å². The standard InChI is InChI=1S/C33H48N2/c1-4-23-33(5-2,31-18-12-13-19-32(31)34(3)30-16-10-7-11-17-30)24-20-28-21-25-35(26-22-28)27-29-14-8-6-9-15-29/h5,7,10-13,16-19,28-29H,2,4,6,8-9,14-15,20-27H2,1,3H3. The lowest BCUT2D eigenvalue weighted by Crippen LogP contribution is -2.38. The van der Waals surface area contributed by atoms with Gasteiger partial charge in [-0.3, -0.25) is 0 Å². The van der Waals surface area contributed by atoms with Crippen molar-refractivity contribution in [2.24, 2.45) is 11.8 Å². The fourth-order valence-electron chi connectivity index (χ4n) is 6.79. The van der Waals surface area contributed by atoms with Crippen molar-refractivity contribution >= 4 is 11.4 Å². The van der Waals surface area contributed by atoms with E-state index in [9.17, 15) is 0 Å². The first-order valence-electron chi connectivity index (χ1n) is 14.4. The maximum Gasteiger partial charge on any atom is 0.0449 e. The second-order valence-electron chi connectivity index (χ2n) is 11.3. The summed E-state index contributed by atoms with van der Waals surface area (Å²) >= 11 is 0. The first-order chi connectivity index (χ1) is 17.1. The molecule has 1 saturated heterocycles. The first-order valence-corrected chi connectivity index (χ1v) is 14.4. The Labute approximate surface area is 215 Å². The molecule has 35 heavy (non-hydrogen) atoms. The molecule has 1 atom stereocenters. The molecule has 1 unspecified atom stereocenters. The lowest BCUT2D eigenvalue weighted by Gasteiger charge is -2.39. The Balaban J connectivity index is 1.43. The largest absolute Gasteiger partial charge is 0.344 e. The summed E-state index contributed by atoms with van der Waals surface area (Å²) in [7, 11) is 2.20. The average Bonchev–Trinajstić information content (AvgIpc) is 2.92. The number of hydrogen-bond donors (Lipinski definition) is 0. The van der Waals surface area contributed by atoms with Crippen LogP contribution >= 0.6 is 0 Å². The zero-order valence-corrected chi connectivity index (χ0v) is 22.4. The monoisotopic (exact) mass is 472 g/mol. The van der Waals surface area contributed by atoms with Gasteiger partial charge in [0, 0.05) is 30.4 Å². The van der Waals surface area contributed by atoms with Crippen molar-refractivity contribution < 1.29 is 0 Å². The summed E-state index contributed by atoms with van der Waals surface area (Å²) in [6.45, 7) is 10.7. The van der Waals surface area contributed by atoms with Gasteiger partial charge in [-0.1, -0.05) is 75.1 Å². The van der Waals surface area contributed by atoms with Crippen molar-refractivity contribution in [1.82, 2.24) is 4.90 Å². The van der Waals surface area contributed by atoms with Gasteiger partial charge < -0.3 is 9.80 Å². The second kappa shape index (κ2) is 12.8. The van der Waals surface area contributed by atoms with Gasteiger partial charge in [0.05, 0.1) is 0 Å². The van der Waals surface area contributed by atoms with E-state index in [1.807, 2.05) is 0 Å². The minimum Gasteiger partial charge on any atom is -0.344 e. The Morgan fingerprint density at radius 1 is 0.886 bits per heavy atom. The number of anilines is 2. The first kappa shape index (κ1) is 26.0. The summed E-state index contributed by atoms with van der Waals surface area (Å²) in [4.78, 5) is 5.14. The van der Waals surface area contributed by atoms with Gasteiger partial charge in [0.1, 0.15) is 0 Å². The molecule has 0 aromatic heterocycles. The number of allylic oxidation sites excluding steroid dienone is 1. The summed E-state index contributed by atoms with van der Waals surface area (Å²) in [6, 6.07) is 19.8. The quantitative estimate of drug-likeness (QED) is 0.302. The third-order valence-corrected chi connectivity index (χ3v) is 8.98. The van der Waals surface area contributed by atoms with Crippen LogP contribution in [0.2, 0.25) is 0 Å². The van der Waals surface area contributed by atoms with Crippen molar-refractivity contribution in [3.63, 3.8) is 0 Å². The fourth-order valence-corrected chi connectivity index (χ4v) is 6.79. The predicted molar refractivity (Wildman–Crippen MR) is 153 cm³/mol. The Morgan fingerprint density at radius 2 is 1.57 bits per heavy atom. The smallest absolute Gasteiger partial charge is 0.0449 e. The van der Waals surface area contributed by atoms with E-state index in [4.69, 9.17) is 0 Å². The zero-order chi connectivity index (χ0) is 24.5. The molecule has 4 rings (SSSR count). The van der Waals surface area contributed by atoms with Crippen LogP contribution in [0.4, 0.5) is 11.4 Å². The van der Waals surface area contributed by atoms with E-state index in [1.54, 1.807) is 0 Å². The third kappa shape index (κ3) is 6.58. The lowest BCUT2D eigenvalue weighted by atomic mass is 9.70. The van der Waals surface area contributed by atoms with E-state index in [-0.39, 0.29) is 5.41 Å². The molecular weight excluding hydrogens is 424 g/mol. The van der Waals surface area contributed by atoms with Crippen molar-refractivity contribution in [1.29, 1.82) is 0 Å².